The van der Waals surface area contributed by atoms with Gasteiger partial charge in [-0.2, -0.15) is 0 Å². The summed E-state index contributed by atoms with van der Waals surface area (Å²) >= 11 is 0. The highest BCUT2D eigenvalue weighted by atomic mass is 16.2. The van der Waals surface area contributed by atoms with Crippen LogP contribution in [0.15, 0.2) is 4.99 Å². The van der Waals surface area contributed by atoms with Gasteiger partial charge in [-0.1, -0.05) is 0 Å². The summed E-state index contributed by atoms with van der Waals surface area (Å²) in [6, 6.07) is 0. The van der Waals surface area contributed by atoms with Crippen molar-refractivity contribution in [3.8, 4) is 0 Å². The summed E-state index contributed by atoms with van der Waals surface area (Å²) in [5.74, 6) is -0.517. The van der Waals surface area contributed by atoms with Crippen molar-refractivity contribution in [2.24, 2.45) is 4.99 Å². The SMILES string of the molecule is O=C=NC(=O)CCCC=O. The van der Waals surface area contributed by atoms with Crippen LogP contribution in [0.4, 0.5) is 0 Å². The van der Waals surface area contributed by atoms with Gasteiger partial charge in [-0.3, -0.25) is 4.79 Å². The lowest BCUT2D eigenvalue weighted by Crippen LogP contribution is -1.91. The van der Waals surface area contributed by atoms with E-state index >= 15 is 0 Å². The van der Waals surface area contributed by atoms with E-state index in [9.17, 15) is 14.4 Å². The van der Waals surface area contributed by atoms with Crippen molar-refractivity contribution >= 4 is 18.3 Å². The lowest BCUT2D eigenvalue weighted by molar-refractivity contribution is -0.117. The van der Waals surface area contributed by atoms with Crippen LogP contribution in [0.25, 0.3) is 0 Å². The van der Waals surface area contributed by atoms with Crippen LogP contribution < -0.4 is 0 Å². The molecule has 0 rings (SSSR count). The molecule has 54 valence electrons. The molecule has 0 atom stereocenters. The van der Waals surface area contributed by atoms with Crippen LogP contribution in [0.1, 0.15) is 19.3 Å². The Hall–Kier alpha value is -1.28. The Balaban J connectivity index is 3.39. The molecule has 0 radical (unpaired) electrons. The average Bonchev–Trinajstić information content (AvgIpc) is 1.89. The van der Waals surface area contributed by atoms with Gasteiger partial charge in [0.1, 0.15) is 6.29 Å². The van der Waals surface area contributed by atoms with Gasteiger partial charge in [0.2, 0.25) is 6.08 Å². The predicted octanol–water partition coefficient (Wildman–Crippen LogP) is 0.218. The summed E-state index contributed by atoms with van der Waals surface area (Å²) in [7, 11) is 0. The second kappa shape index (κ2) is 5.85. The molecule has 0 fully saturated rings. The summed E-state index contributed by atoms with van der Waals surface area (Å²) in [6.07, 6.45) is 2.78. The molecule has 1 amide bonds. The third-order valence-electron chi connectivity index (χ3n) is 0.883. The minimum Gasteiger partial charge on any atom is -0.303 e. The molecule has 0 bridgehead atoms. The van der Waals surface area contributed by atoms with E-state index in [2.05, 4.69) is 4.99 Å². The highest BCUT2D eigenvalue weighted by molar-refractivity contribution is 5.81. The molecule has 0 aliphatic rings. The van der Waals surface area contributed by atoms with Crippen molar-refractivity contribution in [2.75, 3.05) is 0 Å². The van der Waals surface area contributed by atoms with Gasteiger partial charge in [-0.05, 0) is 6.42 Å². The Morgan fingerprint density at radius 2 is 2.30 bits per heavy atom. The molecular formula is C6H7NO3. The summed E-state index contributed by atoms with van der Waals surface area (Å²) in [4.78, 5) is 32.4. The van der Waals surface area contributed by atoms with Crippen LogP contribution in [-0.4, -0.2) is 18.3 Å². The van der Waals surface area contributed by atoms with Crippen LogP contribution in [0.5, 0.6) is 0 Å². The van der Waals surface area contributed by atoms with E-state index in [0.29, 0.717) is 12.8 Å². The number of amides is 1. The summed E-state index contributed by atoms with van der Waals surface area (Å²) < 4.78 is 0. The highest BCUT2D eigenvalue weighted by Gasteiger charge is 1.96. The van der Waals surface area contributed by atoms with Crippen LogP contribution in [-0.2, 0) is 14.4 Å². The largest absolute Gasteiger partial charge is 0.303 e. The fourth-order valence-electron chi connectivity index (χ4n) is 0.443. The van der Waals surface area contributed by atoms with Crippen molar-refractivity contribution in [3.63, 3.8) is 0 Å². The first-order chi connectivity index (χ1) is 4.81. The predicted molar refractivity (Wildman–Crippen MR) is 33.0 cm³/mol. The Morgan fingerprint density at radius 3 is 2.80 bits per heavy atom. The maximum absolute atomic E-state index is 10.4. The van der Waals surface area contributed by atoms with Crippen LogP contribution in [0, 0.1) is 0 Å². The van der Waals surface area contributed by atoms with Crippen molar-refractivity contribution < 1.29 is 14.4 Å². The lowest BCUT2D eigenvalue weighted by Gasteiger charge is -1.85. The van der Waals surface area contributed by atoms with Gasteiger partial charge in [0, 0.05) is 12.8 Å². The maximum Gasteiger partial charge on any atom is 0.256 e. The van der Waals surface area contributed by atoms with Crippen molar-refractivity contribution in [1.29, 1.82) is 0 Å². The summed E-state index contributed by atoms with van der Waals surface area (Å²) in [5, 5.41) is 0. The van der Waals surface area contributed by atoms with Gasteiger partial charge >= 0.3 is 0 Å². The van der Waals surface area contributed by atoms with E-state index in [0.717, 1.165) is 12.4 Å². The normalized spacial score (nSPS) is 8.00. The number of rotatable bonds is 4. The Kier molecular flexibility index (Phi) is 5.10. The molecule has 0 heterocycles. The molecule has 4 heteroatoms. The van der Waals surface area contributed by atoms with Gasteiger partial charge in [-0.15, -0.1) is 4.99 Å². The van der Waals surface area contributed by atoms with E-state index < -0.39 is 5.91 Å². The molecular weight excluding hydrogens is 134 g/mol. The van der Waals surface area contributed by atoms with Crippen molar-refractivity contribution in [2.45, 2.75) is 19.3 Å². The zero-order valence-electron chi connectivity index (χ0n) is 5.37. The number of carbonyl (C=O) groups excluding carboxylic acids is 3. The third-order valence-corrected chi connectivity index (χ3v) is 0.883. The molecule has 0 aromatic rings. The summed E-state index contributed by atoms with van der Waals surface area (Å²) in [5.41, 5.74) is 0. The Labute approximate surface area is 57.9 Å². The third kappa shape index (κ3) is 4.87. The fraction of sp³-hybridized carbons (Fsp3) is 0.500. The number of hydrogen-bond donors (Lipinski definition) is 0. The second-order valence-electron chi connectivity index (χ2n) is 1.66. The topological polar surface area (TPSA) is 63.6 Å². The Morgan fingerprint density at radius 1 is 1.60 bits per heavy atom. The van der Waals surface area contributed by atoms with Crippen LogP contribution in [0.2, 0.25) is 0 Å². The molecule has 0 aliphatic carbocycles. The zero-order valence-corrected chi connectivity index (χ0v) is 5.37. The van der Waals surface area contributed by atoms with E-state index in [-0.39, 0.29) is 6.42 Å². The number of hydrogen-bond acceptors (Lipinski definition) is 3. The first-order valence-electron chi connectivity index (χ1n) is 2.85. The maximum atomic E-state index is 10.4. The first-order valence-corrected chi connectivity index (χ1v) is 2.85. The van der Waals surface area contributed by atoms with Gasteiger partial charge < -0.3 is 4.79 Å². The second-order valence-corrected chi connectivity index (χ2v) is 1.66. The average molecular weight is 141 g/mol. The molecule has 0 aliphatic heterocycles. The standard InChI is InChI=1S/C6H7NO3/c8-4-2-1-3-6(10)7-5-9/h4H,1-3H2. The molecule has 0 N–H and O–H groups in total. The van der Waals surface area contributed by atoms with E-state index in [1.54, 1.807) is 0 Å². The number of unbranched alkanes of at least 4 members (excludes halogenated alkanes) is 1. The van der Waals surface area contributed by atoms with E-state index in [1.807, 2.05) is 0 Å². The van der Waals surface area contributed by atoms with Gasteiger partial charge in [0.05, 0.1) is 0 Å². The van der Waals surface area contributed by atoms with Crippen LogP contribution in [0.3, 0.4) is 0 Å². The lowest BCUT2D eigenvalue weighted by atomic mass is 10.2. The molecule has 0 spiro atoms. The number of aliphatic imine (C=N–C) groups is 1. The zero-order chi connectivity index (χ0) is 7.82. The quantitative estimate of drug-likeness (QED) is 0.243. The summed E-state index contributed by atoms with van der Waals surface area (Å²) in [6.45, 7) is 0. The van der Waals surface area contributed by atoms with Crippen LogP contribution >= 0.6 is 0 Å². The number of isocyanates is 1. The van der Waals surface area contributed by atoms with Gasteiger partial charge in [0.25, 0.3) is 5.91 Å². The Bertz CT molecular complexity index is 170. The van der Waals surface area contributed by atoms with E-state index in [4.69, 9.17) is 0 Å². The molecule has 0 saturated heterocycles. The highest BCUT2D eigenvalue weighted by Crippen LogP contribution is 1.93. The molecule has 0 saturated carbocycles. The molecule has 0 aromatic heterocycles. The number of aldehydes is 1. The van der Waals surface area contributed by atoms with Crippen molar-refractivity contribution in [1.82, 2.24) is 0 Å². The van der Waals surface area contributed by atoms with Gasteiger partial charge in [0.15, 0.2) is 0 Å². The monoisotopic (exact) mass is 141 g/mol. The molecule has 4 nitrogen and oxygen atoms in total. The smallest absolute Gasteiger partial charge is 0.256 e. The minimum atomic E-state index is -0.517. The van der Waals surface area contributed by atoms with E-state index in [1.165, 1.54) is 0 Å². The molecule has 0 aromatic carbocycles. The first kappa shape index (κ1) is 8.72. The minimum absolute atomic E-state index is 0.147. The molecule has 10 heavy (non-hydrogen) atoms. The fourth-order valence-corrected chi connectivity index (χ4v) is 0.443. The number of carbonyl (C=O) groups is 2. The van der Waals surface area contributed by atoms with Crippen molar-refractivity contribution in [3.05, 3.63) is 0 Å². The molecule has 0 unspecified atom stereocenters. The van der Waals surface area contributed by atoms with Gasteiger partial charge in [-0.25, -0.2) is 4.79 Å². The number of nitrogens with zero attached hydrogens (tertiary/aromatic N) is 1.